The lowest BCUT2D eigenvalue weighted by molar-refractivity contribution is 0.0208. The van der Waals surface area contributed by atoms with E-state index in [1.807, 2.05) is 32.9 Å². The Balaban J connectivity index is 1.33. The van der Waals surface area contributed by atoms with Gasteiger partial charge in [0.25, 0.3) is 0 Å². The highest BCUT2D eigenvalue weighted by Gasteiger charge is 2.35. The highest BCUT2D eigenvalue weighted by molar-refractivity contribution is 5.95. The largest absolute Gasteiger partial charge is 0.494 e. The number of fused-ring (bicyclic) bond motifs is 1. The normalized spacial score (nSPS) is 17.2. The lowest BCUT2D eigenvalue weighted by Gasteiger charge is -2.27. The van der Waals surface area contributed by atoms with Crippen molar-refractivity contribution in [1.29, 1.82) is 0 Å². The summed E-state index contributed by atoms with van der Waals surface area (Å²) in [6, 6.07) is 8.88. The molecule has 3 heterocycles. The molecule has 1 unspecified atom stereocenters. The van der Waals surface area contributed by atoms with E-state index >= 15 is 0 Å². The van der Waals surface area contributed by atoms with E-state index in [9.17, 15) is 14.3 Å². The smallest absolute Gasteiger partial charge is 0.410 e. The number of methoxy groups -OCH3 is 1. The Hall–Kier alpha value is -3.66. The maximum Gasteiger partial charge on any atom is 0.410 e. The molecular weight excluding hydrogens is 515 g/mol. The molecule has 1 aliphatic heterocycles. The molecule has 0 spiro atoms. The number of nitrogens with zero attached hydrogens (tertiary/aromatic N) is 4. The van der Waals surface area contributed by atoms with Gasteiger partial charge >= 0.3 is 6.09 Å². The van der Waals surface area contributed by atoms with E-state index in [4.69, 9.17) is 19.2 Å². The summed E-state index contributed by atoms with van der Waals surface area (Å²) >= 11 is 0. The van der Waals surface area contributed by atoms with Crippen LogP contribution in [-0.2, 0) is 4.74 Å². The topological polar surface area (TPSA) is 97.2 Å². The number of amides is 1. The van der Waals surface area contributed by atoms with Gasteiger partial charge in [-0.05, 0) is 58.2 Å². The molecule has 1 saturated carbocycles. The standard InChI is InChI=1S/C30H37FN4O5/c1-30(2,3)40-29(37)35(21-6-7-21)11-12-39-28-8-5-20(16-32-28)24-14-26(34-10-9-19(17-34)18-36)22-13-23(31)27(38-4)15-25(22)33-24/h5,8,13-16,19,21,36H,6-7,9-12,17-18H2,1-4H3. The first-order valence-corrected chi connectivity index (χ1v) is 13.8. The second-order valence-electron chi connectivity index (χ2n) is 11.5. The number of hydrogen-bond acceptors (Lipinski definition) is 8. The molecule has 1 aliphatic carbocycles. The van der Waals surface area contributed by atoms with Crippen LogP contribution >= 0.6 is 0 Å². The van der Waals surface area contributed by atoms with Crippen molar-refractivity contribution < 1.29 is 28.5 Å². The van der Waals surface area contributed by atoms with Gasteiger partial charge in [0.15, 0.2) is 11.6 Å². The zero-order chi connectivity index (χ0) is 28.4. The number of aliphatic hydroxyl groups is 1. The Kier molecular flexibility index (Phi) is 7.98. The summed E-state index contributed by atoms with van der Waals surface area (Å²) in [7, 11) is 1.43. The van der Waals surface area contributed by atoms with Gasteiger partial charge in [-0.1, -0.05) is 0 Å². The number of hydrogen-bond donors (Lipinski definition) is 1. The number of pyridine rings is 2. The maximum absolute atomic E-state index is 14.6. The van der Waals surface area contributed by atoms with Crippen molar-refractivity contribution >= 4 is 22.7 Å². The van der Waals surface area contributed by atoms with Crippen molar-refractivity contribution in [3.05, 3.63) is 42.3 Å². The van der Waals surface area contributed by atoms with Gasteiger partial charge in [-0.3, -0.25) is 0 Å². The fourth-order valence-corrected chi connectivity index (χ4v) is 4.97. The summed E-state index contributed by atoms with van der Waals surface area (Å²) in [5, 5.41) is 10.3. The predicted molar refractivity (Wildman–Crippen MR) is 150 cm³/mol. The average Bonchev–Trinajstić information content (AvgIpc) is 3.64. The number of aromatic nitrogens is 2. The highest BCUT2D eigenvalue weighted by Crippen LogP contribution is 2.36. The molecule has 214 valence electrons. The second kappa shape index (κ2) is 11.4. The van der Waals surface area contributed by atoms with E-state index < -0.39 is 11.4 Å². The number of anilines is 1. The molecule has 1 N–H and O–H groups in total. The molecule has 1 saturated heterocycles. The molecule has 1 amide bonds. The van der Waals surface area contributed by atoms with E-state index in [1.54, 1.807) is 23.2 Å². The van der Waals surface area contributed by atoms with Crippen LogP contribution in [0.1, 0.15) is 40.0 Å². The lowest BCUT2D eigenvalue weighted by Crippen LogP contribution is -2.40. The van der Waals surface area contributed by atoms with Gasteiger partial charge < -0.3 is 29.1 Å². The van der Waals surface area contributed by atoms with Gasteiger partial charge in [-0.15, -0.1) is 0 Å². The molecule has 10 heteroatoms. The van der Waals surface area contributed by atoms with Crippen LogP contribution in [0, 0.1) is 11.7 Å². The molecule has 3 aromatic rings. The molecule has 40 heavy (non-hydrogen) atoms. The summed E-state index contributed by atoms with van der Waals surface area (Å²) in [4.78, 5) is 25.7. The number of ether oxygens (including phenoxy) is 3. The fraction of sp³-hybridized carbons (Fsp3) is 0.500. The van der Waals surface area contributed by atoms with Crippen molar-refractivity contribution in [3.8, 4) is 22.9 Å². The van der Waals surface area contributed by atoms with E-state index in [0.717, 1.165) is 37.1 Å². The van der Waals surface area contributed by atoms with Crippen molar-refractivity contribution in [3.63, 3.8) is 0 Å². The SMILES string of the molecule is COc1cc2nc(-c3ccc(OCCN(C(=O)OC(C)(C)C)C4CC4)nc3)cc(N3CCC(CO)C3)c2cc1F. The highest BCUT2D eigenvalue weighted by atomic mass is 19.1. The molecular formula is C30H37FN4O5. The van der Waals surface area contributed by atoms with Crippen molar-refractivity contribution in [1.82, 2.24) is 14.9 Å². The molecule has 9 nitrogen and oxygen atoms in total. The number of carbonyl (C=O) groups is 1. The second-order valence-corrected chi connectivity index (χ2v) is 11.5. The Bertz CT molecular complexity index is 1360. The predicted octanol–water partition coefficient (Wildman–Crippen LogP) is 5.04. The summed E-state index contributed by atoms with van der Waals surface area (Å²) in [5.41, 5.74) is 2.40. The number of halogens is 1. The minimum absolute atomic E-state index is 0.121. The molecule has 0 bridgehead atoms. The van der Waals surface area contributed by atoms with Gasteiger partial charge in [0.1, 0.15) is 12.2 Å². The van der Waals surface area contributed by atoms with Gasteiger partial charge in [0, 0.05) is 66.6 Å². The molecule has 5 rings (SSSR count). The summed E-state index contributed by atoms with van der Waals surface area (Å²) in [6.45, 7) is 7.87. The Morgan fingerprint density at radius 3 is 2.62 bits per heavy atom. The zero-order valence-electron chi connectivity index (χ0n) is 23.5. The van der Waals surface area contributed by atoms with Gasteiger partial charge in [0.05, 0.1) is 24.9 Å². The van der Waals surface area contributed by atoms with E-state index in [1.165, 1.54) is 13.2 Å². The van der Waals surface area contributed by atoms with Crippen LogP contribution in [0.4, 0.5) is 14.9 Å². The number of carbonyl (C=O) groups excluding carboxylic acids is 1. The van der Waals surface area contributed by atoms with Crippen molar-refractivity contribution in [2.24, 2.45) is 5.92 Å². The van der Waals surface area contributed by atoms with Crippen LogP contribution in [-0.4, -0.2) is 77.7 Å². The molecule has 2 aliphatic rings. The van der Waals surface area contributed by atoms with Crippen LogP contribution < -0.4 is 14.4 Å². The van der Waals surface area contributed by atoms with E-state index in [-0.39, 0.29) is 30.4 Å². The lowest BCUT2D eigenvalue weighted by atomic mass is 10.1. The first-order chi connectivity index (χ1) is 19.1. The molecule has 0 radical (unpaired) electrons. The number of benzene rings is 1. The first-order valence-electron chi connectivity index (χ1n) is 13.8. The summed E-state index contributed by atoms with van der Waals surface area (Å²) < 4.78 is 31.3. The van der Waals surface area contributed by atoms with Crippen LogP contribution in [0.15, 0.2) is 36.5 Å². The Morgan fingerprint density at radius 1 is 1.20 bits per heavy atom. The van der Waals surface area contributed by atoms with Gasteiger partial charge in [-0.25, -0.2) is 19.2 Å². The third-order valence-corrected chi connectivity index (χ3v) is 7.18. The number of rotatable bonds is 9. The third-order valence-electron chi connectivity index (χ3n) is 7.18. The maximum atomic E-state index is 14.6. The Morgan fingerprint density at radius 2 is 2.00 bits per heavy atom. The summed E-state index contributed by atoms with van der Waals surface area (Å²) in [5.74, 6) is 0.308. The molecule has 2 aromatic heterocycles. The molecule has 2 fully saturated rings. The van der Waals surface area contributed by atoms with Crippen LogP contribution in [0.25, 0.3) is 22.2 Å². The minimum atomic E-state index is -0.548. The Labute approximate surface area is 233 Å². The average molecular weight is 553 g/mol. The monoisotopic (exact) mass is 552 g/mol. The van der Waals surface area contributed by atoms with Crippen LogP contribution in [0.3, 0.4) is 0 Å². The van der Waals surface area contributed by atoms with Crippen LogP contribution in [0.5, 0.6) is 11.6 Å². The van der Waals surface area contributed by atoms with Crippen molar-refractivity contribution in [2.75, 3.05) is 44.9 Å². The fourth-order valence-electron chi connectivity index (χ4n) is 4.97. The van der Waals surface area contributed by atoms with Crippen LogP contribution in [0.2, 0.25) is 0 Å². The zero-order valence-corrected chi connectivity index (χ0v) is 23.5. The van der Waals surface area contributed by atoms with E-state index in [2.05, 4.69) is 9.88 Å². The quantitative estimate of drug-likeness (QED) is 0.394. The van der Waals surface area contributed by atoms with Crippen molar-refractivity contribution in [2.45, 2.75) is 51.7 Å². The third kappa shape index (κ3) is 6.38. The van der Waals surface area contributed by atoms with E-state index in [0.29, 0.717) is 42.2 Å². The number of aliphatic hydroxyl groups excluding tert-OH is 1. The summed E-state index contributed by atoms with van der Waals surface area (Å²) in [6.07, 6.45) is 4.20. The molecule has 1 atom stereocenters. The van der Waals surface area contributed by atoms with Gasteiger partial charge in [-0.2, -0.15) is 0 Å². The minimum Gasteiger partial charge on any atom is -0.494 e. The molecule has 1 aromatic carbocycles. The van der Waals surface area contributed by atoms with Gasteiger partial charge in [0.2, 0.25) is 5.88 Å². The first kappa shape index (κ1) is 27.9.